The van der Waals surface area contributed by atoms with Gasteiger partial charge in [-0.15, -0.1) is 0 Å². The molecular weight excluding hydrogens is 309 g/mol. The van der Waals surface area contributed by atoms with Gasteiger partial charge < -0.3 is 0 Å². The highest BCUT2D eigenvalue weighted by Crippen LogP contribution is 2.27. The molecular formula is C14H19Cl2N5. The van der Waals surface area contributed by atoms with Gasteiger partial charge in [-0.05, 0) is 29.7 Å². The Morgan fingerprint density at radius 2 is 2.10 bits per heavy atom. The van der Waals surface area contributed by atoms with Crippen LogP contribution in [-0.2, 0) is 13.0 Å². The summed E-state index contributed by atoms with van der Waals surface area (Å²) in [5.74, 6) is 7.04. The molecule has 2 rings (SSSR count). The second kappa shape index (κ2) is 7.22. The van der Waals surface area contributed by atoms with Crippen LogP contribution in [0.15, 0.2) is 24.5 Å². The molecule has 1 heterocycles. The third-order valence-corrected chi connectivity index (χ3v) is 3.73. The lowest BCUT2D eigenvalue weighted by molar-refractivity contribution is 0.446. The summed E-state index contributed by atoms with van der Waals surface area (Å²) < 4.78 is 1.90. The van der Waals surface area contributed by atoms with Crippen molar-refractivity contribution in [2.75, 3.05) is 0 Å². The minimum atomic E-state index is -0.175. The number of rotatable bonds is 6. The molecule has 0 fully saturated rings. The fourth-order valence-corrected chi connectivity index (χ4v) is 2.60. The fraction of sp³-hybridized carbons (Fsp3) is 0.429. The molecule has 1 aromatic heterocycles. The highest BCUT2D eigenvalue weighted by Gasteiger charge is 2.18. The monoisotopic (exact) mass is 327 g/mol. The molecule has 0 saturated carbocycles. The Bertz CT molecular complexity index is 597. The summed E-state index contributed by atoms with van der Waals surface area (Å²) in [7, 11) is 0. The van der Waals surface area contributed by atoms with E-state index in [9.17, 15) is 0 Å². The fourth-order valence-electron chi connectivity index (χ4n) is 2.17. The lowest BCUT2D eigenvalue weighted by Crippen LogP contribution is -2.31. The third-order valence-electron chi connectivity index (χ3n) is 3.16. The van der Waals surface area contributed by atoms with Crippen LogP contribution >= 0.6 is 23.2 Å². The van der Waals surface area contributed by atoms with Crippen LogP contribution in [0.4, 0.5) is 0 Å². The Morgan fingerprint density at radius 1 is 1.33 bits per heavy atom. The van der Waals surface area contributed by atoms with Crippen LogP contribution in [0.2, 0.25) is 10.0 Å². The lowest BCUT2D eigenvalue weighted by atomic mass is 10.0. The average Bonchev–Trinajstić information content (AvgIpc) is 2.85. The van der Waals surface area contributed by atoms with Crippen molar-refractivity contribution in [1.29, 1.82) is 0 Å². The van der Waals surface area contributed by atoms with E-state index in [4.69, 9.17) is 29.0 Å². The molecule has 0 aliphatic rings. The van der Waals surface area contributed by atoms with E-state index in [2.05, 4.69) is 29.4 Å². The van der Waals surface area contributed by atoms with E-state index in [1.807, 2.05) is 10.7 Å². The Kier molecular flexibility index (Phi) is 5.58. The van der Waals surface area contributed by atoms with Crippen molar-refractivity contribution in [3.05, 3.63) is 46.0 Å². The van der Waals surface area contributed by atoms with E-state index in [0.29, 0.717) is 22.4 Å². The van der Waals surface area contributed by atoms with Crippen LogP contribution in [0.5, 0.6) is 0 Å². The van der Waals surface area contributed by atoms with Crippen LogP contribution in [0.3, 0.4) is 0 Å². The van der Waals surface area contributed by atoms with Crippen molar-refractivity contribution in [2.24, 2.45) is 11.8 Å². The molecule has 21 heavy (non-hydrogen) atoms. The van der Waals surface area contributed by atoms with Gasteiger partial charge in [-0.3, -0.25) is 11.3 Å². The molecule has 114 valence electrons. The number of halogens is 2. The van der Waals surface area contributed by atoms with Crippen molar-refractivity contribution in [2.45, 2.75) is 32.9 Å². The van der Waals surface area contributed by atoms with Gasteiger partial charge in [0.2, 0.25) is 0 Å². The van der Waals surface area contributed by atoms with Crippen molar-refractivity contribution in [3.63, 3.8) is 0 Å². The molecule has 0 amide bonds. The number of nitrogens with two attached hydrogens (primary N) is 1. The Hall–Kier alpha value is -1.14. The molecule has 2 aromatic rings. The second-order valence-corrected chi connectivity index (χ2v) is 6.19. The van der Waals surface area contributed by atoms with Crippen molar-refractivity contribution in [3.8, 4) is 0 Å². The summed E-state index contributed by atoms with van der Waals surface area (Å²) in [6.45, 7) is 5.09. The number of benzene rings is 1. The maximum absolute atomic E-state index is 6.24. The first-order chi connectivity index (χ1) is 10.0. The van der Waals surface area contributed by atoms with Gasteiger partial charge in [-0.25, -0.2) is 9.67 Å². The normalized spacial score (nSPS) is 12.9. The SMILES string of the molecule is CC(C)Cn1ncnc1CC(NN)c1cc(Cl)ccc1Cl. The number of hydrogen-bond acceptors (Lipinski definition) is 4. The molecule has 1 aromatic carbocycles. The van der Waals surface area contributed by atoms with Crippen LogP contribution in [0, 0.1) is 5.92 Å². The van der Waals surface area contributed by atoms with Gasteiger partial charge >= 0.3 is 0 Å². The highest BCUT2D eigenvalue weighted by molar-refractivity contribution is 6.33. The van der Waals surface area contributed by atoms with Gasteiger partial charge in [0, 0.05) is 23.0 Å². The molecule has 7 heteroatoms. The minimum Gasteiger partial charge on any atom is -0.271 e. The van der Waals surface area contributed by atoms with E-state index in [1.165, 1.54) is 0 Å². The molecule has 0 saturated heterocycles. The van der Waals surface area contributed by atoms with Gasteiger partial charge in [0.1, 0.15) is 12.2 Å². The molecule has 1 atom stereocenters. The maximum Gasteiger partial charge on any atom is 0.138 e. The van der Waals surface area contributed by atoms with E-state index in [-0.39, 0.29) is 6.04 Å². The van der Waals surface area contributed by atoms with Gasteiger partial charge in [0.15, 0.2) is 0 Å². The molecule has 0 bridgehead atoms. The molecule has 0 radical (unpaired) electrons. The van der Waals surface area contributed by atoms with E-state index < -0.39 is 0 Å². The smallest absolute Gasteiger partial charge is 0.138 e. The van der Waals surface area contributed by atoms with E-state index in [0.717, 1.165) is 17.9 Å². The summed E-state index contributed by atoms with van der Waals surface area (Å²) in [4.78, 5) is 4.31. The average molecular weight is 328 g/mol. The van der Waals surface area contributed by atoms with Crippen molar-refractivity contribution in [1.82, 2.24) is 20.2 Å². The molecule has 3 N–H and O–H groups in total. The van der Waals surface area contributed by atoms with E-state index >= 15 is 0 Å². The number of nitrogens with one attached hydrogen (secondary N) is 1. The van der Waals surface area contributed by atoms with Gasteiger partial charge in [0.05, 0.1) is 6.04 Å². The topological polar surface area (TPSA) is 68.8 Å². The zero-order valence-corrected chi connectivity index (χ0v) is 13.6. The summed E-state index contributed by atoms with van der Waals surface area (Å²) in [5.41, 5.74) is 3.63. The summed E-state index contributed by atoms with van der Waals surface area (Å²) >= 11 is 12.3. The summed E-state index contributed by atoms with van der Waals surface area (Å²) in [6, 6.07) is 5.16. The summed E-state index contributed by atoms with van der Waals surface area (Å²) in [6.07, 6.45) is 2.15. The highest BCUT2D eigenvalue weighted by atomic mass is 35.5. The molecule has 0 aliphatic heterocycles. The standard InChI is InChI=1S/C14H19Cl2N5/c1-9(2)7-21-14(18-8-19-21)6-13(20-17)11-5-10(15)3-4-12(11)16/h3-5,8-9,13,20H,6-7,17H2,1-2H3. The first kappa shape index (κ1) is 16.2. The maximum atomic E-state index is 6.24. The van der Waals surface area contributed by atoms with Crippen molar-refractivity contribution >= 4 is 23.2 Å². The third kappa shape index (κ3) is 4.17. The quantitative estimate of drug-likeness (QED) is 0.632. The van der Waals surface area contributed by atoms with E-state index in [1.54, 1.807) is 18.5 Å². The number of nitrogens with zero attached hydrogens (tertiary/aromatic N) is 3. The largest absolute Gasteiger partial charge is 0.271 e. The second-order valence-electron chi connectivity index (χ2n) is 5.34. The minimum absolute atomic E-state index is 0.175. The predicted molar refractivity (Wildman–Crippen MR) is 85.1 cm³/mol. The number of hydrogen-bond donors (Lipinski definition) is 2. The number of hydrazine groups is 1. The Morgan fingerprint density at radius 3 is 2.76 bits per heavy atom. The Balaban J connectivity index is 2.23. The molecule has 1 unspecified atom stereocenters. The van der Waals surface area contributed by atoms with Crippen LogP contribution < -0.4 is 11.3 Å². The van der Waals surface area contributed by atoms with Crippen LogP contribution in [0.1, 0.15) is 31.3 Å². The lowest BCUT2D eigenvalue weighted by Gasteiger charge is -2.18. The first-order valence-corrected chi connectivity index (χ1v) is 7.54. The van der Waals surface area contributed by atoms with Crippen molar-refractivity contribution < 1.29 is 0 Å². The summed E-state index contributed by atoms with van der Waals surface area (Å²) in [5, 5.41) is 5.50. The number of aromatic nitrogens is 3. The molecule has 0 aliphatic carbocycles. The first-order valence-electron chi connectivity index (χ1n) is 6.79. The zero-order chi connectivity index (χ0) is 15.4. The Labute approximate surface area is 134 Å². The van der Waals surface area contributed by atoms with Gasteiger partial charge in [-0.1, -0.05) is 37.0 Å². The molecule has 0 spiro atoms. The predicted octanol–water partition coefficient (Wildman–Crippen LogP) is 2.99. The van der Waals surface area contributed by atoms with Gasteiger partial charge in [-0.2, -0.15) is 5.10 Å². The van der Waals surface area contributed by atoms with Crippen LogP contribution in [0.25, 0.3) is 0 Å². The molecule has 5 nitrogen and oxygen atoms in total. The van der Waals surface area contributed by atoms with Crippen LogP contribution in [-0.4, -0.2) is 14.8 Å². The van der Waals surface area contributed by atoms with Gasteiger partial charge in [0.25, 0.3) is 0 Å². The zero-order valence-electron chi connectivity index (χ0n) is 12.1.